The lowest BCUT2D eigenvalue weighted by molar-refractivity contribution is 0.253. The van der Waals surface area contributed by atoms with Crippen LogP contribution in [0.25, 0.3) is 17.1 Å². The lowest BCUT2D eigenvalue weighted by Gasteiger charge is -2.11. The largest absolute Gasteiger partial charge is 0.475 e. The molecule has 0 spiro atoms. The maximum atomic E-state index is 12.1. The van der Waals surface area contributed by atoms with Gasteiger partial charge in [0.1, 0.15) is 12.3 Å². The second-order valence-corrected chi connectivity index (χ2v) is 6.86. The first kappa shape index (κ1) is 18.8. The van der Waals surface area contributed by atoms with Crippen LogP contribution in [0.2, 0.25) is 0 Å². The normalized spacial score (nSPS) is 11.3. The molecule has 0 unspecified atom stereocenters. The summed E-state index contributed by atoms with van der Waals surface area (Å²) in [6.07, 6.45) is 0. The maximum absolute atomic E-state index is 12.1. The van der Waals surface area contributed by atoms with Gasteiger partial charge in [-0.3, -0.25) is 4.79 Å². The lowest BCUT2D eigenvalue weighted by atomic mass is 10.2. The second-order valence-electron chi connectivity index (χ2n) is 6.86. The Balaban J connectivity index is 2.04. The minimum atomic E-state index is -0.123. The first-order valence-corrected chi connectivity index (χ1v) is 8.99. The summed E-state index contributed by atoms with van der Waals surface area (Å²) in [4.78, 5) is 14.1. The van der Waals surface area contributed by atoms with Gasteiger partial charge in [0.25, 0.3) is 5.56 Å². The fourth-order valence-corrected chi connectivity index (χ4v) is 2.64. The van der Waals surface area contributed by atoms with Gasteiger partial charge in [-0.1, -0.05) is 18.2 Å². The van der Waals surface area contributed by atoms with Crippen LogP contribution in [0, 0.1) is 0 Å². The summed E-state index contributed by atoms with van der Waals surface area (Å²) in [5.74, 6) is 0.528. The van der Waals surface area contributed by atoms with Crippen LogP contribution in [0.5, 0.6) is 5.88 Å². The fraction of sp³-hybridized carbons (Fsp3) is 0.350. The quantitative estimate of drug-likeness (QED) is 0.642. The van der Waals surface area contributed by atoms with Crippen LogP contribution < -0.4 is 10.3 Å². The van der Waals surface area contributed by atoms with Crippen molar-refractivity contribution in [3.63, 3.8) is 0 Å². The smallest absolute Gasteiger partial charge is 0.267 e. The zero-order valence-electron chi connectivity index (χ0n) is 16.2. The third-order valence-corrected chi connectivity index (χ3v) is 4.05. The Morgan fingerprint density at radius 2 is 1.81 bits per heavy atom. The molecule has 0 atom stereocenters. The van der Waals surface area contributed by atoms with Gasteiger partial charge in [-0.25, -0.2) is 9.36 Å². The highest BCUT2D eigenvalue weighted by Crippen LogP contribution is 2.25. The Labute approximate surface area is 158 Å². The Kier molecular flexibility index (Phi) is 5.71. The van der Waals surface area contributed by atoms with Crippen LogP contribution >= 0.6 is 0 Å². The molecule has 2 aromatic heterocycles. The summed E-state index contributed by atoms with van der Waals surface area (Å²) >= 11 is 0. The Hall–Kier alpha value is -2.93. The Bertz CT molecular complexity index is 945. The van der Waals surface area contributed by atoms with Crippen molar-refractivity contribution in [2.45, 2.75) is 19.9 Å². The predicted octanol–water partition coefficient (Wildman–Crippen LogP) is 2.62. The molecule has 1 aromatic carbocycles. The molecule has 0 radical (unpaired) electrons. The van der Waals surface area contributed by atoms with E-state index < -0.39 is 0 Å². The number of nitrogens with zero attached hydrogens (tertiary/aromatic N) is 5. The zero-order chi connectivity index (χ0) is 19.4. The van der Waals surface area contributed by atoms with Gasteiger partial charge < -0.3 is 9.64 Å². The molecule has 0 aliphatic heterocycles. The number of benzene rings is 1. The molecular formula is C20H25N5O2. The molecule has 3 rings (SSSR count). The highest BCUT2D eigenvalue weighted by Gasteiger charge is 2.15. The summed E-state index contributed by atoms with van der Waals surface area (Å²) < 4.78 is 9.08. The monoisotopic (exact) mass is 367 g/mol. The van der Waals surface area contributed by atoms with E-state index in [2.05, 4.69) is 15.1 Å². The molecule has 7 nitrogen and oxygen atoms in total. The fourth-order valence-electron chi connectivity index (χ4n) is 2.64. The van der Waals surface area contributed by atoms with Gasteiger partial charge in [0.05, 0.1) is 17.4 Å². The van der Waals surface area contributed by atoms with Gasteiger partial charge in [-0.05, 0) is 46.1 Å². The van der Waals surface area contributed by atoms with Gasteiger partial charge in [0.2, 0.25) is 5.88 Å². The second kappa shape index (κ2) is 8.18. The summed E-state index contributed by atoms with van der Waals surface area (Å²) in [6, 6.07) is 14.9. The molecule has 0 bridgehead atoms. The van der Waals surface area contributed by atoms with Gasteiger partial charge in [0.15, 0.2) is 0 Å². The number of para-hydroxylation sites is 1. The molecule has 0 aliphatic carbocycles. The molecule has 27 heavy (non-hydrogen) atoms. The van der Waals surface area contributed by atoms with Crippen molar-refractivity contribution < 1.29 is 4.74 Å². The topological polar surface area (TPSA) is 65.2 Å². The molecule has 2 heterocycles. The van der Waals surface area contributed by atoms with E-state index in [9.17, 15) is 4.79 Å². The summed E-state index contributed by atoms with van der Waals surface area (Å²) in [6.45, 7) is 5.20. The van der Waals surface area contributed by atoms with Gasteiger partial charge in [-0.2, -0.15) is 5.10 Å². The van der Waals surface area contributed by atoms with E-state index in [1.54, 1.807) is 10.7 Å². The van der Waals surface area contributed by atoms with Crippen molar-refractivity contribution >= 4 is 0 Å². The molecule has 142 valence electrons. The third-order valence-electron chi connectivity index (χ3n) is 4.05. The first-order chi connectivity index (χ1) is 13.0. The van der Waals surface area contributed by atoms with E-state index in [4.69, 9.17) is 4.74 Å². The molecule has 0 aliphatic rings. The maximum Gasteiger partial charge on any atom is 0.267 e. The average molecular weight is 367 g/mol. The lowest BCUT2D eigenvalue weighted by Crippen LogP contribution is -2.24. The number of aromatic nitrogens is 4. The Morgan fingerprint density at radius 3 is 2.48 bits per heavy atom. The molecule has 0 amide bonds. The van der Waals surface area contributed by atoms with Crippen molar-refractivity contribution in [2.75, 3.05) is 27.2 Å². The highest BCUT2D eigenvalue weighted by atomic mass is 16.5. The van der Waals surface area contributed by atoms with Crippen LogP contribution in [-0.2, 0) is 0 Å². The van der Waals surface area contributed by atoms with E-state index in [0.29, 0.717) is 18.2 Å². The minimum absolute atomic E-state index is 0.0265. The molecule has 0 N–H and O–H groups in total. The summed E-state index contributed by atoms with van der Waals surface area (Å²) in [5.41, 5.74) is 2.22. The number of likely N-dealkylation sites (N-methyl/N-ethyl adjacent to an activating group) is 1. The van der Waals surface area contributed by atoms with E-state index in [0.717, 1.165) is 17.9 Å². The van der Waals surface area contributed by atoms with Crippen LogP contribution in [0.3, 0.4) is 0 Å². The summed E-state index contributed by atoms with van der Waals surface area (Å²) in [5, 5.41) is 9.13. The molecule has 7 heteroatoms. The Morgan fingerprint density at radius 1 is 1.07 bits per heavy atom. The zero-order valence-corrected chi connectivity index (χ0v) is 16.2. The van der Waals surface area contributed by atoms with E-state index in [-0.39, 0.29) is 11.6 Å². The minimum Gasteiger partial charge on any atom is -0.475 e. The van der Waals surface area contributed by atoms with Crippen molar-refractivity contribution in [2.24, 2.45) is 0 Å². The third kappa shape index (κ3) is 4.43. The highest BCUT2D eigenvalue weighted by molar-refractivity contribution is 5.59. The van der Waals surface area contributed by atoms with Crippen LogP contribution in [0.15, 0.2) is 53.3 Å². The van der Waals surface area contributed by atoms with Crippen LogP contribution in [0.4, 0.5) is 0 Å². The number of hydrogen-bond acceptors (Lipinski definition) is 5. The van der Waals surface area contributed by atoms with Crippen molar-refractivity contribution in [3.05, 3.63) is 58.9 Å². The molecule has 0 saturated heterocycles. The van der Waals surface area contributed by atoms with Crippen molar-refractivity contribution in [1.82, 2.24) is 24.5 Å². The standard InChI is InChI=1S/C20H25N5O2/c1-15(2)24-20(26)11-10-17(21-24)18-14-19(27-13-12-23(3)4)22-25(18)16-8-6-5-7-9-16/h5-11,14-15H,12-13H2,1-4H3. The first-order valence-electron chi connectivity index (χ1n) is 8.99. The summed E-state index contributed by atoms with van der Waals surface area (Å²) in [7, 11) is 3.99. The SMILES string of the molecule is CC(C)n1nc(-c2cc(OCCN(C)C)nn2-c2ccccc2)ccc1=O. The number of hydrogen-bond donors (Lipinski definition) is 0. The molecule has 0 saturated carbocycles. The van der Waals surface area contributed by atoms with Crippen LogP contribution in [-0.4, -0.2) is 51.7 Å². The van der Waals surface area contributed by atoms with Gasteiger partial charge >= 0.3 is 0 Å². The molecular weight excluding hydrogens is 342 g/mol. The van der Waals surface area contributed by atoms with Gasteiger partial charge in [-0.15, -0.1) is 5.10 Å². The van der Waals surface area contributed by atoms with E-state index in [1.807, 2.05) is 64.3 Å². The van der Waals surface area contributed by atoms with Gasteiger partial charge in [0, 0.05) is 18.7 Å². The van der Waals surface area contributed by atoms with E-state index in [1.165, 1.54) is 10.7 Å². The average Bonchev–Trinajstić information content (AvgIpc) is 3.06. The molecule has 3 aromatic rings. The number of ether oxygens (including phenoxy) is 1. The predicted molar refractivity (Wildman–Crippen MR) is 105 cm³/mol. The molecule has 0 fully saturated rings. The van der Waals surface area contributed by atoms with Crippen molar-refractivity contribution in [1.29, 1.82) is 0 Å². The van der Waals surface area contributed by atoms with Crippen LogP contribution in [0.1, 0.15) is 19.9 Å². The van der Waals surface area contributed by atoms with Crippen molar-refractivity contribution in [3.8, 4) is 23.0 Å². The number of rotatable bonds is 7. The van der Waals surface area contributed by atoms with E-state index >= 15 is 0 Å².